The molecule has 1 aliphatic rings. The number of hydrogen-bond acceptors (Lipinski definition) is 6. The van der Waals surface area contributed by atoms with Gasteiger partial charge in [-0.15, -0.1) is 11.3 Å². The van der Waals surface area contributed by atoms with Crippen LogP contribution in [0.25, 0.3) is 20.9 Å². The van der Waals surface area contributed by atoms with Crippen LogP contribution in [0.5, 0.6) is 5.75 Å². The van der Waals surface area contributed by atoms with Crippen LogP contribution in [-0.2, 0) is 6.54 Å². The second kappa shape index (κ2) is 10.8. The van der Waals surface area contributed by atoms with E-state index < -0.39 is 0 Å². The molecule has 7 heteroatoms. The summed E-state index contributed by atoms with van der Waals surface area (Å²) in [5, 5.41) is 0. The Kier molecular flexibility index (Phi) is 7.55. The lowest BCUT2D eigenvalue weighted by atomic mass is 10.1. The van der Waals surface area contributed by atoms with Crippen LogP contribution < -0.4 is 9.46 Å². The molecule has 3 heterocycles. The van der Waals surface area contributed by atoms with Gasteiger partial charge < -0.3 is 14.4 Å². The van der Waals surface area contributed by atoms with Crippen LogP contribution in [0.3, 0.4) is 0 Å². The maximum absolute atomic E-state index is 12.2. The number of carbonyl (C=O) groups is 1. The third kappa shape index (κ3) is 4.95. The number of aromatic nitrogens is 1. The first-order valence-corrected chi connectivity index (χ1v) is 12.8. The van der Waals surface area contributed by atoms with E-state index in [4.69, 9.17) is 4.74 Å². The molecule has 5 rings (SSSR count). The van der Waals surface area contributed by atoms with Crippen LogP contribution in [0.1, 0.15) is 29.8 Å². The van der Waals surface area contributed by atoms with Gasteiger partial charge in [-0.25, -0.2) is 4.98 Å². The number of rotatable bonds is 6. The number of pyridine rings is 1. The number of nitrogens with one attached hydrogen (secondary N) is 1. The van der Waals surface area contributed by atoms with E-state index in [2.05, 4.69) is 40.0 Å². The largest absolute Gasteiger partial charge is 0.496 e. The Morgan fingerprint density at radius 3 is 2.44 bits per heavy atom. The minimum absolute atomic E-state index is 0.0981. The smallest absolute Gasteiger partial charge is 0.254 e. The number of fused-ring (bicyclic) bond motifs is 1. The zero-order chi connectivity index (χ0) is 24.1. The van der Waals surface area contributed by atoms with E-state index in [9.17, 15) is 4.79 Å². The van der Waals surface area contributed by atoms with Gasteiger partial charge >= 0.3 is 0 Å². The van der Waals surface area contributed by atoms with Gasteiger partial charge in [0, 0.05) is 35.1 Å². The summed E-state index contributed by atoms with van der Waals surface area (Å²) >= 11 is 3.22. The number of nitrogens with zero attached hydrogens (tertiary/aromatic N) is 2. The lowest BCUT2D eigenvalue weighted by Crippen LogP contribution is -2.17. The van der Waals surface area contributed by atoms with Crippen molar-refractivity contribution in [1.82, 2.24) is 9.88 Å². The van der Waals surface area contributed by atoms with Crippen molar-refractivity contribution in [3.05, 3.63) is 84.1 Å². The number of hydrogen-bond donors (Lipinski definition) is 1. The number of amides is 1. The van der Waals surface area contributed by atoms with E-state index in [1.165, 1.54) is 21.7 Å². The number of methoxy groups -OCH3 is 1. The van der Waals surface area contributed by atoms with Crippen molar-refractivity contribution in [1.29, 1.82) is 0 Å². The molecule has 174 valence electrons. The molecule has 4 aromatic rings. The summed E-state index contributed by atoms with van der Waals surface area (Å²) in [6, 6.07) is 22.4. The van der Waals surface area contributed by atoms with Crippen molar-refractivity contribution in [3.8, 4) is 26.6 Å². The second-order valence-corrected chi connectivity index (χ2v) is 9.41. The van der Waals surface area contributed by atoms with E-state index in [1.807, 2.05) is 57.3 Å². The molecule has 5 nitrogen and oxygen atoms in total. The minimum Gasteiger partial charge on any atom is -0.496 e. The van der Waals surface area contributed by atoms with Crippen LogP contribution in [0.15, 0.2) is 77.8 Å². The van der Waals surface area contributed by atoms with E-state index in [0.29, 0.717) is 6.54 Å². The normalized spacial score (nSPS) is 12.1. The average molecular weight is 490 g/mol. The van der Waals surface area contributed by atoms with E-state index >= 15 is 0 Å². The van der Waals surface area contributed by atoms with Gasteiger partial charge in [0.25, 0.3) is 5.91 Å². The monoisotopic (exact) mass is 489 g/mol. The predicted molar refractivity (Wildman–Crippen MR) is 143 cm³/mol. The number of anilines is 1. The van der Waals surface area contributed by atoms with Crippen LogP contribution in [0, 0.1) is 0 Å². The molecule has 0 radical (unpaired) electrons. The molecule has 0 bridgehead atoms. The first-order chi connectivity index (χ1) is 16.6. The van der Waals surface area contributed by atoms with Crippen LogP contribution >= 0.6 is 23.3 Å². The molecular weight excluding hydrogens is 462 g/mol. The standard InChI is InChI=1S/C25H21N3O2S2.C2H6/c1-28-15-18-13-16(6-8-19(18)25(28)29)21-10-11-22(31-21)17-7-9-20(30-2)23(14-17)32-27-24-5-3-4-12-26-24;1-2/h3-14H,15H2,1-2H3,(H,26,27);1-2H3. The Bertz CT molecular complexity index is 1290. The quantitative estimate of drug-likeness (QED) is 0.290. The van der Waals surface area contributed by atoms with E-state index in [0.717, 1.165) is 38.7 Å². The van der Waals surface area contributed by atoms with Gasteiger partial charge in [0.15, 0.2) is 0 Å². The summed E-state index contributed by atoms with van der Waals surface area (Å²) in [4.78, 5) is 21.6. The molecule has 0 fully saturated rings. The zero-order valence-corrected chi connectivity index (χ0v) is 21.3. The highest BCUT2D eigenvalue weighted by atomic mass is 32.2. The van der Waals surface area contributed by atoms with Gasteiger partial charge in [-0.3, -0.25) is 4.79 Å². The molecule has 1 N–H and O–H groups in total. The van der Waals surface area contributed by atoms with Crippen LogP contribution in [-0.4, -0.2) is 29.9 Å². The summed E-state index contributed by atoms with van der Waals surface area (Å²) in [5.41, 5.74) is 4.17. The molecule has 0 unspecified atom stereocenters. The Morgan fingerprint density at radius 1 is 1.00 bits per heavy atom. The first kappa shape index (κ1) is 23.9. The van der Waals surface area contributed by atoms with Gasteiger partial charge in [0.05, 0.1) is 12.0 Å². The minimum atomic E-state index is 0.0981. The highest BCUT2D eigenvalue weighted by Crippen LogP contribution is 2.39. The highest BCUT2D eigenvalue weighted by molar-refractivity contribution is 8.00. The van der Waals surface area contributed by atoms with Gasteiger partial charge in [-0.1, -0.05) is 26.0 Å². The van der Waals surface area contributed by atoms with Crippen molar-refractivity contribution < 1.29 is 9.53 Å². The molecule has 1 aliphatic heterocycles. The lowest BCUT2D eigenvalue weighted by molar-refractivity contribution is 0.0816. The molecule has 2 aromatic carbocycles. The fourth-order valence-corrected chi connectivity index (χ4v) is 5.48. The third-order valence-corrected chi connectivity index (χ3v) is 7.39. The molecular formula is C27H27N3O2S2. The topological polar surface area (TPSA) is 54.5 Å². The Hall–Kier alpha value is -3.29. The molecule has 0 aliphatic carbocycles. The number of benzene rings is 2. The SMILES string of the molecule is CC.COc1ccc(-c2ccc(-c3ccc4c(c3)CN(C)C4=O)s2)cc1SNc1ccccn1. The van der Waals surface area contributed by atoms with Crippen molar-refractivity contribution in [2.24, 2.45) is 0 Å². The fraction of sp³-hybridized carbons (Fsp3) is 0.185. The Balaban J connectivity index is 0.00000133. The first-order valence-electron chi connectivity index (χ1n) is 11.1. The summed E-state index contributed by atoms with van der Waals surface area (Å²) < 4.78 is 8.82. The summed E-state index contributed by atoms with van der Waals surface area (Å²) in [5.74, 6) is 1.71. The molecule has 0 saturated heterocycles. The van der Waals surface area contributed by atoms with Crippen LogP contribution in [0.4, 0.5) is 5.82 Å². The summed E-state index contributed by atoms with van der Waals surface area (Å²) in [6.45, 7) is 4.67. The average Bonchev–Trinajstić information content (AvgIpc) is 3.49. The molecule has 0 atom stereocenters. The Morgan fingerprint density at radius 2 is 1.74 bits per heavy atom. The molecule has 1 amide bonds. The second-order valence-electron chi connectivity index (χ2n) is 7.48. The third-order valence-electron chi connectivity index (χ3n) is 5.36. The highest BCUT2D eigenvalue weighted by Gasteiger charge is 2.24. The predicted octanol–water partition coefficient (Wildman–Crippen LogP) is 7.22. The van der Waals surface area contributed by atoms with Crippen molar-refractivity contribution in [2.45, 2.75) is 25.3 Å². The van der Waals surface area contributed by atoms with Gasteiger partial charge in [0.1, 0.15) is 11.6 Å². The van der Waals surface area contributed by atoms with Crippen molar-refractivity contribution in [3.63, 3.8) is 0 Å². The zero-order valence-electron chi connectivity index (χ0n) is 19.7. The van der Waals surface area contributed by atoms with Crippen molar-refractivity contribution >= 4 is 35.0 Å². The fourth-order valence-electron chi connectivity index (χ4n) is 3.71. The number of ether oxygens (including phenoxy) is 1. The van der Waals surface area contributed by atoms with Gasteiger partial charge in [0.2, 0.25) is 0 Å². The maximum atomic E-state index is 12.2. The van der Waals surface area contributed by atoms with Gasteiger partial charge in [-0.05, 0) is 83.2 Å². The van der Waals surface area contributed by atoms with E-state index in [-0.39, 0.29) is 5.91 Å². The summed E-state index contributed by atoms with van der Waals surface area (Å²) in [6.07, 6.45) is 1.76. The molecule has 34 heavy (non-hydrogen) atoms. The Labute approximate surface area is 208 Å². The number of thiophene rings is 1. The molecule has 0 saturated carbocycles. The van der Waals surface area contributed by atoms with Crippen LogP contribution in [0.2, 0.25) is 0 Å². The van der Waals surface area contributed by atoms with Crippen molar-refractivity contribution in [2.75, 3.05) is 18.9 Å². The van der Waals surface area contributed by atoms with E-state index in [1.54, 1.807) is 29.5 Å². The maximum Gasteiger partial charge on any atom is 0.254 e. The van der Waals surface area contributed by atoms with Gasteiger partial charge in [-0.2, -0.15) is 0 Å². The molecule has 0 spiro atoms. The number of carbonyl (C=O) groups excluding carboxylic acids is 1. The lowest BCUT2D eigenvalue weighted by Gasteiger charge is -2.10. The molecule has 2 aromatic heterocycles. The summed E-state index contributed by atoms with van der Waals surface area (Å²) in [7, 11) is 3.52.